The van der Waals surface area contributed by atoms with Gasteiger partial charge < -0.3 is 14.2 Å². The van der Waals surface area contributed by atoms with Gasteiger partial charge in [0.15, 0.2) is 0 Å². The molecule has 2 aromatic carbocycles. The Kier molecular flexibility index (Phi) is 7.35. The summed E-state index contributed by atoms with van der Waals surface area (Å²) in [5.41, 5.74) is 1.04. The van der Waals surface area contributed by atoms with Gasteiger partial charge in [0.25, 0.3) is 0 Å². The Hall–Kier alpha value is -3.55. The number of nitrogens with zero attached hydrogens (tertiary/aromatic N) is 1. The molecule has 168 valence electrons. The normalized spacial score (nSPS) is 12.3. The number of para-hydroxylation sites is 1. The van der Waals surface area contributed by atoms with Crippen LogP contribution in [0, 0.1) is 5.92 Å². The fourth-order valence-corrected chi connectivity index (χ4v) is 3.11. The average Bonchev–Trinajstić information content (AvgIpc) is 2.73. The quantitative estimate of drug-likeness (QED) is 0.383. The first-order valence-electron chi connectivity index (χ1n) is 9.92. The molecule has 0 radical (unpaired) electrons. The SMILES string of the molecule is CC(C)C(C(=O)OCc1cccc(Oc2ccccc2)n1)c1ccc(OC(F)(F)F)cc1. The Balaban J connectivity index is 1.65. The third-order valence-electron chi connectivity index (χ3n) is 4.50. The maximum absolute atomic E-state index is 12.8. The minimum absolute atomic E-state index is 0.0662. The summed E-state index contributed by atoms with van der Waals surface area (Å²) < 4.78 is 52.1. The van der Waals surface area contributed by atoms with Crippen molar-refractivity contribution < 1.29 is 32.2 Å². The molecule has 1 unspecified atom stereocenters. The largest absolute Gasteiger partial charge is 0.573 e. The molecule has 1 heterocycles. The van der Waals surface area contributed by atoms with E-state index in [4.69, 9.17) is 9.47 Å². The Morgan fingerprint density at radius 2 is 1.59 bits per heavy atom. The number of rotatable bonds is 8. The van der Waals surface area contributed by atoms with Crippen LogP contribution in [0.4, 0.5) is 13.2 Å². The van der Waals surface area contributed by atoms with Gasteiger partial charge in [0.2, 0.25) is 5.88 Å². The molecule has 1 aromatic heterocycles. The predicted octanol–water partition coefficient (Wildman–Crippen LogP) is 6.26. The van der Waals surface area contributed by atoms with E-state index in [0.29, 0.717) is 22.9 Å². The summed E-state index contributed by atoms with van der Waals surface area (Å²) in [6.45, 7) is 3.60. The van der Waals surface area contributed by atoms with Gasteiger partial charge in [-0.05, 0) is 41.8 Å². The zero-order valence-electron chi connectivity index (χ0n) is 17.5. The lowest BCUT2D eigenvalue weighted by molar-refractivity contribution is -0.274. The highest BCUT2D eigenvalue weighted by molar-refractivity contribution is 5.78. The van der Waals surface area contributed by atoms with E-state index in [0.717, 1.165) is 0 Å². The molecule has 0 bridgehead atoms. The zero-order valence-corrected chi connectivity index (χ0v) is 17.5. The van der Waals surface area contributed by atoms with Crippen LogP contribution in [0.3, 0.4) is 0 Å². The number of halogens is 3. The van der Waals surface area contributed by atoms with E-state index < -0.39 is 18.2 Å². The summed E-state index contributed by atoms with van der Waals surface area (Å²) >= 11 is 0. The van der Waals surface area contributed by atoms with Gasteiger partial charge in [-0.1, -0.05) is 50.2 Å². The number of ether oxygens (including phenoxy) is 3. The fourth-order valence-electron chi connectivity index (χ4n) is 3.11. The number of alkyl halides is 3. The van der Waals surface area contributed by atoms with Gasteiger partial charge in [0.05, 0.1) is 11.6 Å². The molecule has 5 nitrogen and oxygen atoms in total. The molecule has 0 fully saturated rings. The van der Waals surface area contributed by atoms with Crippen molar-refractivity contribution in [1.29, 1.82) is 0 Å². The summed E-state index contributed by atoms with van der Waals surface area (Å²) in [7, 11) is 0. The van der Waals surface area contributed by atoms with Crippen LogP contribution in [0.1, 0.15) is 31.0 Å². The van der Waals surface area contributed by atoms with E-state index in [2.05, 4.69) is 9.72 Å². The minimum Gasteiger partial charge on any atom is -0.459 e. The number of benzene rings is 2. The molecule has 3 rings (SSSR count). The highest BCUT2D eigenvalue weighted by atomic mass is 19.4. The van der Waals surface area contributed by atoms with Crippen LogP contribution < -0.4 is 9.47 Å². The van der Waals surface area contributed by atoms with Crippen LogP contribution in [0.5, 0.6) is 17.4 Å². The van der Waals surface area contributed by atoms with E-state index in [9.17, 15) is 18.0 Å². The molecule has 1 atom stereocenters. The van der Waals surface area contributed by atoms with E-state index in [1.54, 1.807) is 30.3 Å². The molecule has 0 N–H and O–H groups in total. The third-order valence-corrected chi connectivity index (χ3v) is 4.50. The maximum atomic E-state index is 12.8. The molecule has 0 spiro atoms. The molecule has 0 aliphatic carbocycles. The number of hydrogen-bond donors (Lipinski definition) is 0. The van der Waals surface area contributed by atoms with Gasteiger partial charge in [-0.2, -0.15) is 0 Å². The molecular formula is C24H22F3NO4. The molecule has 0 aliphatic rings. The fraction of sp³-hybridized carbons (Fsp3) is 0.250. The summed E-state index contributed by atoms with van der Waals surface area (Å²) in [6.07, 6.45) is -4.77. The van der Waals surface area contributed by atoms with Crippen LogP contribution >= 0.6 is 0 Å². The second-order valence-corrected chi connectivity index (χ2v) is 7.33. The maximum Gasteiger partial charge on any atom is 0.573 e. The number of esters is 1. The van der Waals surface area contributed by atoms with Crippen LogP contribution in [-0.2, 0) is 16.1 Å². The summed E-state index contributed by atoms with van der Waals surface area (Å²) in [5.74, 6) is -0.647. The second kappa shape index (κ2) is 10.2. The van der Waals surface area contributed by atoms with Gasteiger partial charge in [-0.15, -0.1) is 13.2 Å². The molecule has 0 saturated carbocycles. The molecule has 0 amide bonds. The summed E-state index contributed by atoms with van der Waals surface area (Å²) in [5, 5.41) is 0. The van der Waals surface area contributed by atoms with E-state index in [1.165, 1.54) is 24.3 Å². The molecule has 32 heavy (non-hydrogen) atoms. The summed E-state index contributed by atoms with van der Waals surface area (Å²) in [4.78, 5) is 17.1. The second-order valence-electron chi connectivity index (χ2n) is 7.33. The number of pyridine rings is 1. The monoisotopic (exact) mass is 445 g/mol. The zero-order chi connectivity index (χ0) is 23.1. The van der Waals surface area contributed by atoms with Crippen LogP contribution in [0.15, 0.2) is 72.8 Å². The van der Waals surface area contributed by atoms with Crippen molar-refractivity contribution in [2.75, 3.05) is 0 Å². The lowest BCUT2D eigenvalue weighted by Gasteiger charge is -2.20. The first kappa shape index (κ1) is 23.1. The molecule has 0 aliphatic heterocycles. The Bertz CT molecular complexity index is 1020. The Morgan fingerprint density at radius 3 is 2.22 bits per heavy atom. The predicted molar refractivity (Wildman–Crippen MR) is 111 cm³/mol. The van der Waals surface area contributed by atoms with Crippen molar-refractivity contribution in [1.82, 2.24) is 4.98 Å². The van der Waals surface area contributed by atoms with Gasteiger partial charge >= 0.3 is 12.3 Å². The third kappa shape index (κ3) is 6.73. The van der Waals surface area contributed by atoms with Crippen molar-refractivity contribution in [2.45, 2.75) is 32.7 Å². The number of hydrogen-bond acceptors (Lipinski definition) is 5. The van der Waals surface area contributed by atoms with Crippen LogP contribution in [-0.4, -0.2) is 17.3 Å². The topological polar surface area (TPSA) is 57.7 Å². The summed E-state index contributed by atoms with van der Waals surface area (Å²) in [6, 6.07) is 19.5. The van der Waals surface area contributed by atoms with Gasteiger partial charge in [-0.25, -0.2) is 4.98 Å². The van der Waals surface area contributed by atoms with E-state index in [-0.39, 0.29) is 18.3 Å². The smallest absolute Gasteiger partial charge is 0.459 e. The van der Waals surface area contributed by atoms with Crippen LogP contribution in [0.25, 0.3) is 0 Å². The van der Waals surface area contributed by atoms with Crippen molar-refractivity contribution in [3.05, 3.63) is 84.1 Å². The number of aromatic nitrogens is 1. The van der Waals surface area contributed by atoms with Gasteiger partial charge in [0, 0.05) is 6.07 Å². The highest BCUT2D eigenvalue weighted by Gasteiger charge is 2.31. The van der Waals surface area contributed by atoms with Gasteiger partial charge in [-0.3, -0.25) is 4.79 Å². The van der Waals surface area contributed by atoms with E-state index >= 15 is 0 Å². The van der Waals surface area contributed by atoms with Crippen molar-refractivity contribution in [2.24, 2.45) is 5.92 Å². The minimum atomic E-state index is -4.77. The Morgan fingerprint density at radius 1 is 0.906 bits per heavy atom. The van der Waals surface area contributed by atoms with Crippen molar-refractivity contribution in [3.8, 4) is 17.4 Å². The van der Waals surface area contributed by atoms with Crippen molar-refractivity contribution in [3.63, 3.8) is 0 Å². The van der Waals surface area contributed by atoms with E-state index in [1.807, 2.05) is 32.0 Å². The molecule has 0 saturated heterocycles. The first-order valence-corrected chi connectivity index (χ1v) is 9.92. The highest BCUT2D eigenvalue weighted by Crippen LogP contribution is 2.30. The lowest BCUT2D eigenvalue weighted by Crippen LogP contribution is -2.21. The molecule has 8 heteroatoms. The number of carbonyl (C=O) groups excluding carboxylic acids is 1. The van der Waals surface area contributed by atoms with Gasteiger partial charge in [0.1, 0.15) is 18.1 Å². The average molecular weight is 445 g/mol. The standard InChI is InChI=1S/C24H22F3NO4/c1-16(2)22(17-11-13-20(14-12-17)32-24(25,26)27)23(29)30-15-18-7-6-10-21(28-18)31-19-8-4-3-5-9-19/h3-14,16,22H,15H2,1-2H3. The van der Waals surface area contributed by atoms with Crippen molar-refractivity contribution >= 4 is 5.97 Å². The van der Waals surface area contributed by atoms with Crippen LogP contribution in [0.2, 0.25) is 0 Å². The lowest BCUT2D eigenvalue weighted by atomic mass is 9.88. The molecular weight excluding hydrogens is 423 g/mol. The Labute approximate surface area is 183 Å². The first-order chi connectivity index (χ1) is 15.2. The number of carbonyl (C=O) groups is 1. The molecule has 3 aromatic rings.